The average Bonchev–Trinajstić information content (AvgIpc) is 3.66. The van der Waals surface area contributed by atoms with Gasteiger partial charge in [0.15, 0.2) is 0 Å². The highest BCUT2D eigenvalue weighted by Crippen LogP contribution is 2.39. The third kappa shape index (κ3) is 4.11. The molecular weight excluding hydrogens is 487 g/mol. The van der Waals surface area contributed by atoms with Gasteiger partial charge in [0, 0.05) is 53.7 Å². The van der Waals surface area contributed by atoms with Gasteiger partial charge in [0.1, 0.15) is 17.2 Å². The number of esters is 1. The molecule has 0 unspecified atom stereocenters. The minimum atomic E-state index is -0.686. The van der Waals surface area contributed by atoms with Crippen molar-refractivity contribution >= 4 is 34.3 Å². The number of carbonyl (C=O) groups is 1. The lowest BCUT2D eigenvalue weighted by Crippen LogP contribution is -2.21. The molecule has 1 saturated carbocycles. The van der Waals surface area contributed by atoms with E-state index in [4.69, 9.17) is 16.2 Å². The van der Waals surface area contributed by atoms with Crippen LogP contribution in [-0.4, -0.2) is 33.7 Å². The van der Waals surface area contributed by atoms with Crippen molar-refractivity contribution in [2.24, 2.45) is 0 Å². The third-order valence-corrected chi connectivity index (χ3v) is 7.22. The number of benzene rings is 2. The summed E-state index contributed by atoms with van der Waals surface area (Å²) in [7, 11) is 0. The van der Waals surface area contributed by atoms with Crippen LogP contribution in [0.3, 0.4) is 0 Å². The van der Waals surface area contributed by atoms with E-state index in [1.807, 2.05) is 22.8 Å². The Kier molecular flexibility index (Phi) is 5.74. The lowest BCUT2D eigenvalue weighted by atomic mass is 9.99. The van der Waals surface area contributed by atoms with Crippen LogP contribution in [0.15, 0.2) is 47.5 Å². The first-order valence-electron chi connectivity index (χ1n) is 12.6. The van der Waals surface area contributed by atoms with Crippen LogP contribution in [0.4, 0.5) is 21.8 Å². The quantitative estimate of drug-likeness (QED) is 0.371. The number of hydrogen-bond acceptors (Lipinski definition) is 8. The smallest absolute Gasteiger partial charge is 0.343 e. The van der Waals surface area contributed by atoms with Gasteiger partial charge in [0.25, 0.3) is 0 Å². The zero-order valence-corrected chi connectivity index (χ0v) is 20.9. The molecule has 10 heteroatoms. The van der Waals surface area contributed by atoms with E-state index in [-0.39, 0.29) is 29.5 Å². The maximum absolute atomic E-state index is 15.5. The Bertz CT molecular complexity index is 1660. The van der Waals surface area contributed by atoms with Gasteiger partial charge in [-0.05, 0) is 61.6 Å². The molecule has 2 aliphatic rings. The number of fused-ring (bicyclic) bond motifs is 2. The molecule has 0 amide bonds. The monoisotopic (exact) mass is 514 g/mol. The number of carbonyl (C=O) groups excluding carboxylic acids is 1. The molecule has 0 radical (unpaired) electrons. The predicted molar refractivity (Wildman–Crippen MR) is 143 cm³/mol. The van der Waals surface area contributed by atoms with Crippen molar-refractivity contribution in [2.45, 2.75) is 38.8 Å². The molecule has 4 N–H and O–H groups in total. The molecule has 0 saturated heterocycles. The summed E-state index contributed by atoms with van der Waals surface area (Å²) in [5.74, 6) is -0.707. The number of pyridine rings is 1. The van der Waals surface area contributed by atoms with Gasteiger partial charge in [-0.1, -0.05) is 6.07 Å². The highest BCUT2D eigenvalue weighted by Gasteiger charge is 2.28. The van der Waals surface area contributed by atoms with Crippen molar-refractivity contribution in [1.29, 1.82) is 0 Å². The SMILES string of the molecule is CCOC(=O)c1cn(C2CC2)c2cc(-c3ccc4c(c3)CCN4Cc3cnc(N)nc3N)c(F)cc2c1=O. The fourth-order valence-corrected chi connectivity index (χ4v) is 5.16. The second-order valence-corrected chi connectivity index (χ2v) is 9.73. The van der Waals surface area contributed by atoms with Crippen LogP contribution in [0.1, 0.15) is 47.3 Å². The van der Waals surface area contributed by atoms with Crippen molar-refractivity contribution in [1.82, 2.24) is 14.5 Å². The second kappa shape index (κ2) is 9.13. The summed E-state index contributed by atoms with van der Waals surface area (Å²) in [6.07, 6.45) is 5.87. The lowest BCUT2D eigenvalue weighted by molar-refractivity contribution is 0.0524. The molecule has 6 rings (SSSR count). The molecule has 4 aromatic rings. The Labute approximate surface area is 217 Å². The van der Waals surface area contributed by atoms with E-state index < -0.39 is 17.2 Å². The van der Waals surface area contributed by atoms with E-state index in [2.05, 4.69) is 14.9 Å². The van der Waals surface area contributed by atoms with Crippen molar-refractivity contribution < 1.29 is 13.9 Å². The fraction of sp³-hybridized carbons (Fsp3) is 0.286. The normalized spacial score (nSPS) is 14.6. The topological polar surface area (TPSA) is 129 Å². The molecule has 38 heavy (non-hydrogen) atoms. The van der Waals surface area contributed by atoms with Gasteiger partial charge in [0.05, 0.1) is 12.1 Å². The molecular formula is C28H27FN6O3. The van der Waals surface area contributed by atoms with Crippen LogP contribution >= 0.6 is 0 Å². The first-order valence-corrected chi connectivity index (χ1v) is 12.6. The van der Waals surface area contributed by atoms with Gasteiger partial charge in [-0.25, -0.2) is 14.2 Å². The zero-order chi connectivity index (χ0) is 26.6. The number of hydrogen-bond donors (Lipinski definition) is 2. The number of nitrogens with zero attached hydrogens (tertiary/aromatic N) is 4. The van der Waals surface area contributed by atoms with Crippen LogP contribution in [0.5, 0.6) is 0 Å². The Morgan fingerprint density at radius 1 is 1.21 bits per heavy atom. The maximum atomic E-state index is 15.5. The van der Waals surface area contributed by atoms with Crippen molar-refractivity contribution in [3.8, 4) is 11.1 Å². The predicted octanol–water partition coefficient (Wildman–Crippen LogP) is 3.84. The summed E-state index contributed by atoms with van der Waals surface area (Å²) in [6, 6.07) is 9.00. The Morgan fingerprint density at radius 3 is 2.76 bits per heavy atom. The summed E-state index contributed by atoms with van der Waals surface area (Å²) < 4.78 is 22.5. The molecule has 0 bridgehead atoms. The largest absolute Gasteiger partial charge is 0.462 e. The number of nitrogens with two attached hydrogens (primary N) is 2. The van der Waals surface area contributed by atoms with Crippen molar-refractivity contribution in [2.75, 3.05) is 29.5 Å². The molecule has 1 aliphatic heterocycles. The number of aromatic nitrogens is 3. The summed E-state index contributed by atoms with van der Waals surface area (Å²) in [6.45, 7) is 3.16. The van der Waals surface area contributed by atoms with Gasteiger partial charge < -0.3 is 25.7 Å². The molecule has 1 fully saturated rings. The maximum Gasteiger partial charge on any atom is 0.343 e. The summed E-state index contributed by atoms with van der Waals surface area (Å²) in [5, 5.41) is 0.180. The van der Waals surface area contributed by atoms with Gasteiger partial charge in [0.2, 0.25) is 11.4 Å². The van der Waals surface area contributed by atoms with Crippen LogP contribution in [-0.2, 0) is 17.7 Å². The summed E-state index contributed by atoms with van der Waals surface area (Å²) in [4.78, 5) is 35.8. The molecule has 3 heterocycles. The molecule has 2 aromatic heterocycles. The number of anilines is 3. The molecule has 0 spiro atoms. The van der Waals surface area contributed by atoms with E-state index in [1.165, 1.54) is 6.07 Å². The highest BCUT2D eigenvalue weighted by molar-refractivity contribution is 5.95. The number of nitrogen functional groups attached to an aromatic ring is 2. The molecule has 1 aliphatic carbocycles. The van der Waals surface area contributed by atoms with Gasteiger partial charge >= 0.3 is 5.97 Å². The highest BCUT2D eigenvalue weighted by atomic mass is 19.1. The van der Waals surface area contributed by atoms with Crippen LogP contribution in [0, 0.1) is 5.82 Å². The van der Waals surface area contributed by atoms with Crippen molar-refractivity contribution in [3.05, 3.63) is 75.5 Å². The number of rotatable bonds is 6. The van der Waals surface area contributed by atoms with Gasteiger partial charge in [-0.2, -0.15) is 4.98 Å². The van der Waals surface area contributed by atoms with Gasteiger partial charge in [-0.15, -0.1) is 0 Å². The molecule has 194 valence electrons. The van der Waals surface area contributed by atoms with E-state index in [0.29, 0.717) is 23.4 Å². The minimum absolute atomic E-state index is 0.0665. The second-order valence-electron chi connectivity index (χ2n) is 9.73. The van der Waals surface area contributed by atoms with Crippen LogP contribution in [0.25, 0.3) is 22.0 Å². The number of halogens is 1. The van der Waals surface area contributed by atoms with Gasteiger partial charge in [-0.3, -0.25) is 4.79 Å². The Morgan fingerprint density at radius 2 is 2.03 bits per heavy atom. The lowest BCUT2D eigenvalue weighted by Gasteiger charge is -2.20. The fourth-order valence-electron chi connectivity index (χ4n) is 5.16. The zero-order valence-electron chi connectivity index (χ0n) is 20.9. The Balaban J connectivity index is 1.38. The van der Waals surface area contributed by atoms with E-state index in [9.17, 15) is 9.59 Å². The van der Waals surface area contributed by atoms with Crippen LogP contribution < -0.4 is 21.8 Å². The molecule has 0 atom stereocenters. The van der Waals surface area contributed by atoms with Crippen LogP contribution in [0.2, 0.25) is 0 Å². The first-order chi connectivity index (χ1) is 18.3. The summed E-state index contributed by atoms with van der Waals surface area (Å²) in [5.41, 5.74) is 15.7. The number of ether oxygens (including phenoxy) is 1. The standard InChI is InChI=1S/C28H27FN6O3/c1-2-38-27(37)21-14-35(18-4-5-18)24-11-19(22(29)10-20(24)25(21)36)15-3-6-23-16(9-15)7-8-34(23)13-17-12-32-28(31)33-26(17)30/h3,6,9-12,14,18H,2,4-5,7-8,13H2,1H3,(H4,30,31,32,33). The summed E-state index contributed by atoms with van der Waals surface area (Å²) >= 11 is 0. The minimum Gasteiger partial charge on any atom is -0.462 e. The van der Waals surface area contributed by atoms with E-state index in [0.717, 1.165) is 48.2 Å². The van der Waals surface area contributed by atoms with Crippen molar-refractivity contribution in [3.63, 3.8) is 0 Å². The first kappa shape index (κ1) is 23.9. The Hall–Kier alpha value is -4.47. The molecule has 2 aromatic carbocycles. The van der Waals surface area contributed by atoms with E-state index in [1.54, 1.807) is 25.4 Å². The molecule has 9 nitrogen and oxygen atoms in total. The van der Waals surface area contributed by atoms with E-state index >= 15 is 4.39 Å². The third-order valence-electron chi connectivity index (χ3n) is 7.22. The average molecular weight is 515 g/mol.